The third-order valence-corrected chi connectivity index (χ3v) is 3.15. The first kappa shape index (κ1) is 13.3. The average Bonchev–Trinajstić information content (AvgIpc) is 2.75. The van der Waals surface area contributed by atoms with Crippen molar-refractivity contribution in [2.75, 3.05) is 13.2 Å². The first-order valence-electron chi connectivity index (χ1n) is 6.13. The Morgan fingerprint density at radius 2 is 2.32 bits per heavy atom. The lowest BCUT2D eigenvalue weighted by atomic mass is 10.1. The first-order valence-corrected chi connectivity index (χ1v) is 6.13. The van der Waals surface area contributed by atoms with Crippen LogP contribution in [0.1, 0.15) is 18.4 Å². The van der Waals surface area contributed by atoms with Crippen molar-refractivity contribution in [3.63, 3.8) is 0 Å². The van der Waals surface area contributed by atoms with Crippen LogP contribution in [0.2, 0.25) is 0 Å². The fourth-order valence-corrected chi connectivity index (χ4v) is 2.09. The number of ether oxygens (including phenoxy) is 2. The zero-order valence-corrected chi connectivity index (χ0v) is 10.6. The molecule has 1 aromatic rings. The maximum absolute atomic E-state index is 11.3. The number of benzene rings is 1. The summed E-state index contributed by atoms with van der Waals surface area (Å²) in [7, 11) is 0. The SMILES string of the molecule is Cc1cccc(OCCC2CCOC2=O)c1[N+](=O)[O-]. The molecule has 1 fully saturated rings. The van der Waals surface area contributed by atoms with Gasteiger partial charge in [0.25, 0.3) is 0 Å². The fourth-order valence-electron chi connectivity index (χ4n) is 2.09. The van der Waals surface area contributed by atoms with Gasteiger partial charge >= 0.3 is 11.7 Å². The van der Waals surface area contributed by atoms with E-state index < -0.39 is 4.92 Å². The average molecular weight is 265 g/mol. The Kier molecular flexibility index (Phi) is 3.99. The molecule has 1 aromatic carbocycles. The lowest BCUT2D eigenvalue weighted by molar-refractivity contribution is -0.386. The van der Waals surface area contributed by atoms with E-state index in [2.05, 4.69) is 0 Å². The molecule has 0 aliphatic carbocycles. The minimum absolute atomic E-state index is 0.0171. The number of nitro benzene ring substituents is 1. The molecule has 2 rings (SSSR count). The maximum atomic E-state index is 11.3. The number of hydrogen-bond donors (Lipinski definition) is 0. The Bertz CT molecular complexity index is 500. The lowest BCUT2D eigenvalue weighted by Gasteiger charge is -2.09. The van der Waals surface area contributed by atoms with Crippen LogP contribution in [0.4, 0.5) is 5.69 Å². The quantitative estimate of drug-likeness (QED) is 0.463. The van der Waals surface area contributed by atoms with Crippen LogP contribution in [0.3, 0.4) is 0 Å². The van der Waals surface area contributed by atoms with E-state index in [1.54, 1.807) is 25.1 Å². The Hall–Kier alpha value is -2.11. The van der Waals surface area contributed by atoms with Crippen molar-refractivity contribution in [3.8, 4) is 5.75 Å². The topological polar surface area (TPSA) is 78.7 Å². The number of hydrogen-bond acceptors (Lipinski definition) is 5. The highest BCUT2D eigenvalue weighted by atomic mass is 16.6. The molecule has 1 heterocycles. The van der Waals surface area contributed by atoms with Crippen LogP contribution >= 0.6 is 0 Å². The predicted molar refractivity (Wildman–Crippen MR) is 67.0 cm³/mol. The van der Waals surface area contributed by atoms with E-state index in [0.717, 1.165) is 0 Å². The van der Waals surface area contributed by atoms with Crippen molar-refractivity contribution >= 4 is 11.7 Å². The van der Waals surface area contributed by atoms with Gasteiger partial charge in [0.2, 0.25) is 0 Å². The maximum Gasteiger partial charge on any atom is 0.313 e. The van der Waals surface area contributed by atoms with Crippen molar-refractivity contribution in [2.45, 2.75) is 19.8 Å². The molecule has 0 amide bonds. The summed E-state index contributed by atoms with van der Waals surface area (Å²) in [6.45, 7) is 2.39. The summed E-state index contributed by atoms with van der Waals surface area (Å²) in [5.74, 6) is -0.109. The summed E-state index contributed by atoms with van der Waals surface area (Å²) in [4.78, 5) is 21.8. The van der Waals surface area contributed by atoms with Crippen LogP contribution in [0.5, 0.6) is 5.75 Å². The molecule has 0 radical (unpaired) electrons. The number of carbonyl (C=O) groups excluding carboxylic acids is 1. The minimum Gasteiger partial charge on any atom is -0.487 e. The largest absolute Gasteiger partial charge is 0.487 e. The molecular formula is C13H15NO5. The standard InChI is InChI=1S/C13H15NO5/c1-9-3-2-4-11(12(9)14(16)17)18-7-5-10-6-8-19-13(10)15/h2-4,10H,5-8H2,1H3. The van der Waals surface area contributed by atoms with E-state index >= 15 is 0 Å². The zero-order valence-electron chi connectivity index (χ0n) is 10.6. The highest BCUT2D eigenvalue weighted by Crippen LogP contribution is 2.30. The van der Waals surface area contributed by atoms with Crippen molar-refractivity contribution in [2.24, 2.45) is 5.92 Å². The first-order chi connectivity index (χ1) is 9.09. The summed E-state index contributed by atoms with van der Waals surface area (Å²) in [6, 6.07) is 4.94. The van der Waals surface area contributed by atoms with E-state index in [4.69, 9.17) is 9.47 Å². The van der Waals surface area contributed by atoms with Gasteiger partial charge in [-0.1, -0.05) is 12.1 Å². The van der Waals surface area contributed by atoms with Gasteiger partial charge in [0.1, 0.15) is 0 Å². The molecule has 6 heteroatoms. The van der Waals surface area contributed by atoms with Crippen LogP contribution in [-0.4, -0.2) is 24.1 Å². The van der Waals surface area contributed by atoms with Crippen molar-refractivity contribution in [3.05, 3.63) is 33.9 Å². The summed E-state index contributed by atoms with van der Waals surface area (Å²) in [5.41, 5.74) is 0.541. The molecule has 0 spiro atoms. The Labute approximate surface area is 110 Å². The molecule has 1 unspecified atom stereocenters. The zero-order chi connectivity index (χ0) is 13.8. The van der Waals surface area contributed by atoms with Crippen molar-refractivity contribution in [1.82, 2.24) is 0 Å². The van der Waals surface area contributed by atoms with Crippen LogP contribution in [0, 0.1) is 23.0 Å². The second-order valence-corrected chi connectivity index (χ2v) is 4.47. The Morgan fingerprint density at radius 3 is 2.95 bits per heavy atom. The van der Waals surface area contributed by atoms with Gasteiger partial charge in [0.05, 0.1) is 24.1 Å². The number of esters is 1. The minimum atomic E-state index is -0.450. The number of nitro groups is 1. The van der Waals surface area contributed by atoms with Crippen LogP contribution < -0.4 is 4.74 Å². The van der Waals surface area contributed by atoms with E-state index in [-0.39, 0.29) is 29.9 Å². The molecule has 0 N–H and O–H groups in total. The molecule has 0 aromatic heterocycles. The highest BCUT2D eigenvalue weighted by Gasteiger charge is 2.26. The Balaban J connectivity index is 1.98. The van der Waals surface area contributed by atoms with Gasteiger partial charge in [0, 0.05) is 5.56 Å². The summed E-state index contributed by atoms with van der Waals surface area (Å²) in [5, 5.41) is 11.0. The number of cyclic esters (lactones) is 1. The molecular weight excluding hydrogens is 250 g/mol. The van der Waals surface area contributed by atoms with Gasteiger partial charge in [-0.2, -0.15) is 0 Å². The van der Waals surface area contributed by atoms with Crippen LogP contribution in [0.25, 0.3) is 0 Å². The van der Waals surface area contributed by atoms with Gasteiger partial charge in [-0.05, 0) is 25.8 Å². The molecule has 0 bridgehead atoms. The molecule has 1 aliphatic heterocycles. The third kappa shape index (κ3) is 3.01. The summed E-state index contributed by atoms with van der Waals surface area (Å²) in [6.07, 6.45) is 1.21. The van der Waals surface area contributed by atoms with Gasteiger partial charge in [-0.25, -0.2) is 0 Å². The van der Waals surface area contributed by atoms with E-state index in [1.165, 1.54) is 0 Å². The third-order valence-electron chi connectivity index (χ3n) is 3.15. The number of para-hydroxylation sites is 1. The molecule has 0 saturated carbocycles. The molecule has 102 valence electrons. The second-order valence-electron chi connectivity index (χ2n) is 4.47. The lowest BCUT2D eigenvalue weighted by Crippen LogP contribution is -2.12. The van der Waals surface area contributed by atoms with Crippen molar-refractivity contribution in [1.29, 1.82) is 0 Å². The van der Waals surface area contributed by atoms with E-state index in [0.29, 0.717) is 25.0 Å². The fraction of sp³-hybridized carbons (Fsp3) is 0.462. The number of carbonyl (C=O) groups is 1. The smallest absolute Gasteiger partial charge is 0.313 e. The van der Waals surface area contributed by atoms with Gasteiger partial charge in [0.15, 0.2) is 5.75 Å². The predicted octanol–water partition coefficient (Wildman–Crippen LogP) is 2.24. The Morgan fingerprint density at radius 1 is 1.53 bits per heavy atom. The second kappa shape index (κ2) is 5.69. The number of rotatable bonds is 5. The van der Waals surface area contributed by atoms with Gasteiger partial charge in [-0.15, -0.1) is 0 Å². The highest BCUT2D eigenvalue weighted by molar-refractivity contribution is 5.74. The molecule has 1 atom stereocenters. The van der Waals surface area contributed by atoms with Gasteiger partial charge < -0.3 is 9.47 Å². The van der Waals surface area contributed by atoms with E-state index in [9.17, 15) is 14.9 Å². The molecule has 6 nitrogen and oxygen atoms in total. The van der Waals surface area contributed by atoms with Gasteiger partial charge in [-0.3, -0.25) is 14.9 Å². The van der Waals surface area contributed by atoms with Crippen LogP contribution in [0.15, 0.2) is 18.2 Å². The van der Waals surface area contributed by atoms with Crippen molar-refractivity contribution < 1.29 is 19.2 Å². The number of nitrogens with zero attached hydrogens (tertiary/aromatic N) is 1. The molecule has 1 saturated heterocycles. The van der Waals surface area contributed by atoms with E-state index in [1.807, 2.05) is 0 Å². The monoisotopic (exact) mass is 265 g/mol. The molecule has 19 heavy (non-hydrogen) atoms. The van der Waals surface area contributed by atoms with Crippen LogP contribution in [-0.2, 0) is 9.53 Å². The molecule has 1 aliphatic rings. The summed E-state index contributed by atoms with van der Waals surface area (Å²) < 4.78 is 10.3. The normalized spacial score (nSPS) is 18.2. The number of aryl methyl sites for hydroxylation is 1. The summed E-state index contributed by atoms with van der Waals surface area (Å²) >= 11 is 0.